The Morgan fingerprint density at radius 2 is 1.91 bits per heavy atom. The molecule has 0 saturated carbocycles. The lowest BCUT2D eigenvalue weighted by Crippen LogP contribution is -2.40. The number of halogens is 3. The number of hydrogen-bond acceptors (Lipinski definition) is 7. The molecule has 0 unspecified atom stereocenters. The third-order valence-electron chi connectivity index (χ3n) is 4.90. The summed E-state index contributed by atoms with van der Waals surface area (Å²) in [5.74, 6) is -2.98. The summed E-state index contributed by atoms with van der Waals surface area (Å²) >= 11 is 0. The summed E-state index contributed by atoms with van der Waals surface area (Å²) in [4.78, 5) is 34.6. The highest BCUT2D eigenvalue weighted by Crippen LogP contribution is 2.38. The second kappa shape index (κ2) is 11.2. The minimum Gasteiger partial charge on any atom is -0.478 e. The van der Waals surface area contributed by atoms with E-state index in [4.69, 9.17) is 15.3 Å². The van der Waals surface area contributed by atoms with Crippen LogP contribution in [0.1, 0.15) is 42.3 Å². The molecule has 0 atom stereocenters. The number of hydroxylamine groups is 2. The van der Waals surface area contributed by atoms with Gasteiger partial charge in [-0.2, -0.15) is 18.2 Å². The number of rotatable bonds is 9. The summed E-state index contributed by atoms with van der Waals surface area (Å²) in [5.41, 5.74) is 4.38. The molecule has 12 heteroatoms. The zero-order valence-electron chi connectivity index (χ0n) is 19.9. The van der Waals surface area contributed by atoms with Gasteiger partial charge in [0.1, 0.15) is 11.3 Å². The predicted molar refractivity (Wildman–Crippen MR) is 122 cm³/mol. The molecule has 3 N–H and O–H groups in total. The van der Waals surface area contributed by atoms with Crippen molar-refractivity contribution in [2.24, 2.45) is 5.73 Å². The molecule has 1 aromatic carbocycles. The van der Waals surface area contributed by atoms with E-state index in [2.05, 4.69) is 4.98 Å². The van der Waals surface area contributed by atoms with Crippen LogP contribution in [-0.2, 0) is 22.4 Å². The van der Waals surface area contributed by atoms with E-state index in [1.54, 1.807) is 27.8 Å². The van der Waals surface area contributed by atoms with Gasteiger partial charge >= 0.3 is 12.1 Å². The number of carboxylic acids is 1. The highest BCUT2D eigenvalue weighted by molar-refractivity contribution is 6.09. The van der Waals surface area contributed by atoms with Crippen LogP contribution in [0.5, 0.6) is 11.6 Å². The zero-order valence-corrected chi connectivity index (χ0v) is 19.9. The van der Waals surface area contributed by atoms with E-state index in [1.165, 1.54) is 41.5 Å². The fraction of sp³-hybridized carbons (Fsp3) is 0.348. The molecule has 0 aliphatic heterocycles. The number of carboxylic acid groups (broad SMARTS) is 1. The van der Waals surface area contributed by atoms with Gasteiger partial charge in [0.25, 0.3) is 5.91 Å². The van der Waals surface area contributed by atoms with Crippen molar-refractivity contribution in [1.29, 1.82) is 0 Å². The smallest absolute Gasteiger partial charge is 0.421 e. The van der Waals surface area contributed by atoms with Crippen molar-refractivity contribution in [2.45, 2.75) is 39.5 Å². The van der Waals surface area contributed by atoms with Crippen molar-refractivity contribution in [3.63, 3.8) is 0 Å². The van der Waals surface area contributed by atoms with Crippen LogP contribution in [0.3, 0.4) is 0 Å². The molecule has 1 aromatic heterocycles. The largest absolute Gasteiger partial charge is 0.478 e. The van der Waals surface area contributed by atoms with E-state index in [0.717, 1.165) is 12.1 Å². The van der Waals surface area contributed by atoms with Gasteiger partial charge in [-0.3, -0.25) is 4.79 Å². The number of carbonyl (C=O) groups is 2. The Bertz CT molecular complexity index is 1120. The summed E-state index contributed by atoms with van der Waals surface area (Å²) in [6, 6.07) is 3.96. The lowest BCUT2D eigenvalue weighted by atomic mass is 10.1. The molecule has 0 radical (unpaired) electrons. The molecular weight excluding hydrogens is 469 g/mol. The van der Waals surface area contributed by atoms with Crippen LogP contribution in [-0.4, -0.2) is 47.2 Å². The molecule has 0 fully saturated rings. The number of amides is 1. The first-order valence-electron chi connectivity index (χ1n) is 10.4. The van der Waals surface area contributed by atoms with Crippen LogP contribution >= 0.6 is 0 Å². The van der Waals surface area contributed by atoms with Gasteiger partial charge in [-0.25, -0.2) is 9.78 Å². The molecular formula is C23H27F3N4O5. The van der Waals surface area contributed by atoms with Crippen LogP contribution in [0.15, 0.2) is 42.2 Å². The molecule has 1 amide bonds. The van der Waals surface area contributed by atoms with E-state index in [0.29, 0.717) is 0 Å². The van der Waals surface area contributed by atoms with Gasteiger partial charge in [0.05, 0.1) is 30.6 Å². The highest BCUT2D eigenvalue weighted by atomic mass is 19.4. The van der Waals surface area contributed by atoms with E-state index in [9.17, 15) is 27.9 Å². The minimum atomic E-state index is -4.79. The van der Waals surface area contributed by atoms with Crippen LogP contribution in [0.25, 0.3) is 0 Å². The monoisotopic (exact) mass is 496 g/mol. The molecule has 2 aromatic rings. The number of benzene rings is 1. The van der Waals surface area contributed by atoms with Crippen molar-refractivity contribution in [3.05, 3.63) is 58.9 Å². The van der Waals surface area contributed by atoms with Gasteiger partial charge in [-0.05, 0) is 50.6 Å². The fourth-order valence-corrected chi connectivity index (χ4v) is 3.14. The van der Waals surface area contributed by atoms with Crippen molar-refractivity contribution >= 4 is 17.6 Å². The lowest BCUT2D eigenvalue weighted by molar-refractivity contribution is -0.139. The molecule has 1 heterocycles. The van der Waals surface area contributed by atoms with Gasteiger partial charge in [-0.1, -0.05) is 6.08 Å². The fourth-order valence-electron chi connectivity index (χ4n) is 3.14. The molecule has 0 saturated heterocycles. The number of aromatic carboxylic acids is 1. The first-order chi connectivity index (χ1) is 16.3. The quantitative estimate of drug-likeness (QED) is 0.392. The second-order valence-electron chi connectivity index (χ2n) is 7.76. The molecule has 9 nitrogen and oxygen atoms in total. The van der Waals surface area contributed by atoms with Gasteiger partial charge in [0, 0.05) is 19.3 Å². The maximum Gasteiger partial charge on any atom is 0.421 e. The Balaban J connectivity index is 2.53. The maximum atomic E-state index is 13.7. The summed E-state index contributed by atoms with van der Waals surface area (Å²) < 4.78 is 46.4. The van der Waals surface area contributed by atoms with E-state index >= 15 is 0 Å². The third-order valence-corrected chi connectivity index (χ3v) is 4.90. The lowest BCUT2D eigenvalue weighted by Gasteiger charge is -2.28. The van der Waals surface area contributed by atoms with Crippen LogP contribution < -0.4 is 15.4 Å². The van der Waals surface area contributed by atoms with E-state index in [1.807, 2.05) is 0 Å². The Kier molecular flexibility index (Phi) is 8.83. The van der Waals surface area contributed by atoms with Crippen molar-refractivity contribution in [1.82, 2.24) is 10.0 Å². The maximum absolute atomic E-state index is 13.7. The number of carbonyl (C=O) groups excluding carboxylic acids is 1. The van der Waals surface area contributed by atoms with Crippen LogP contribution in [0.4, 0.5) is 18.9 Å². The van der Waals surface area contributed by atoms with E-state index < -0.39 is 35.5 Å². The van der Waals surface area contributed by atoms with Crippen LogP contribution in [0, 0.1) is 0 Å². The van der Waals surface area contributed by atoms with Gasteiger partial charge in [0.15, 0.2) is 0 Å². The predicted octanol–water partition coefficient (Wildman–Crippen LogP) is 4.19. The number of ether oxygens (including phenoxy) is 1. The molecule has 0 aliphatic rings. The molecule has 190 valence electrons. The summed E-state index contributed by atoms with van der Waals surface area (Å²) in [5, 5.41) is 11.1. The average molecular weight is 496 g/mol. The zero-order chi connectivity index (χ0) is 26.5. The first-order valence-corrected chi connectivity index (χ1v) is 10.4. The Hall–Kier alpha value is -3.64. The summed E-state index contributed by atoms with van der Waals surface area (Å²) in [6.45, 7) is 4.93. The van der Waals surface area contributed by atoms with Gasteiger partial charge < -0.3 is 25.3 Å². The molecule has 0 aliphatic carbocycles. The topological polar surface area (TPSA) is 118 Å². The number of nitrogens with zero attached hydrogens (tertiary/aromatic N) is 3. The van der Waals surface area contributed by atoms with Gasteiger partial charge in [0.2, 0.25) is 5.88 Å². The van der Waals surface area contributed by atoms with E-state index in [-0.39, 0.29) is 34.8 Å². The number of nitrogens with two attached hydrogens (primary N) is 1. The average Bonchev–Trinajstić information content (AvgIpc) is 2.79. The number of anilines is 1. The van der Waals surface area contributed by atoms with Crippen molar-refractivity contribution < 1.29 is 37.4 Å². The molecule has 2 rings (SSSR count). The summed E-state index contributed by atoms with van der Waals surface area (Å²) in [7, 11) is 2.92. The number of pyridine rings is 1. The molecule has 0 bridgehead atoms. The number of hydrogen-bond donors (Lipinski definition) is 2. The Labute approximate surface area is 200 Å². The highest BCUT2D eigenvalue weighted by Gasteiger charge is 2.36. The number of allylic oxidation sites excluding steroid dienone is 1. The van der Waals surface area contributed by atoms with Crippen LogP contribution in [0.2, 0.25) is 0 Å². The standard InChI is InChI=1S/C23H27F3N4O5/c1-6-18(27)21(31)30(13(2)3)19-8-7-15(10-16(19)22(32)33)35-20-17(23(24,25)26)9-14(11-28-20)12-29(4)34-5/h6-11,13H,12,27H2,1-5H3,(H,32,33)/b18-6-. The van der Waals surface area contributed by atoms with Gasteiger partial charge in [-0.15, -0.1) is 0 Å². The molecule has 35 heavy (non-hydrogen) atoms. The number of aromatic nitrogens is 1. The SMILES string of the molecule is C/C=C(\N)C(=O)N(c1ccc(Oc2ncc(CN(C)OC)cc2C(F)(F)F)cc1C(=O)O)C(C)C. The number of alkyl halides is 3. The van der Waals surface area contributed by atoms with Crippen molar-refractivity contribution in [3.8, 4) is 11.6 Å². The Morgan fingerprint density at radius 1 is 1.26 bits per heavy atom. The second-order valence-corrected chi connectivity index (χ2v) is 7.76. The normalized spacial score (nSPS) is 12.2. The third kappa shape index (κ3) is 6.70. The summed E-state index contributed by atoms with van der Waals surface area (Å²) in [6.07, 6.45) is -2.20. The Morgan fingerprint density at radius 3 is 2.43 bits per heavy atom. The first kappa shape index (κ1) is 27.6. The van der Waals surface area contributed by atoms with Crippen molar-refractivity contribution in [2.75, 3.05) is 19.1 Å². The minimum absolute atomic E-state index is 0.0107. The molecule has 0 spiro atoms.